The smallest absolute Gasteiger partial charge is 0.0143 e. The zero-order chi connectivity index (χ0) is 20.8. The second kappa shape index (κ2) is 8.35. The average Bonchev–Trinajstić information content (AvgIpc) is 3.05. The molecule has 0 N–H and O–H groups in total. The molecule has 8 atom stereocenters. The van der Waals surface area contributed by atoms with E-state index in [9.17, 15) is 0 Å². The van der Waals surface area contributed by atoms with Gasteiger partial charge in [-0.15, -0.1) is 0 Å². The third-order valence-electron chi connectivity index (χ3n) is 11.2. The van der Waals surface area contributed by atoms with Gasteiger partial charge in [0.25, 0.3) is 0 Å². The second-order valence-electron chi connectivity index (χ2n) is 12.7. The molecule has 4 rings (SSSR count). The normalized spacial score (nSPS) is 43.9. The molecule has 29 heavy (non-hydrogen) atoms. The molecule has 4 aliphatic rings. The van der Waals surface area contributed by atoms with Crippen molar-refractivity contribution in [3.8, 4) is 0 Å². The highest BCUT2D eigenvalue weighted by Crippen LogP contribution is 2.67. The molecular weight excluding hydrogens is 348 g/mol. The standard InChI is InChI=1S/C29H50/c1-7-22(20(2)3)12-11-21(4)25-15-16-26-24-14-13-23-10-8-9-18-28(23,5)27(24)17-19-29(25,26)6/h14,20-23,25-27H,7-13,15-19H2,1-6H3/t21-,22?,23?,25-,26+,27+,28+,29-/m1/s1. The van der Waals surface area contributed by atoms with E-state index in [0.29, 0.717) is 10.8 Å². The minimum absolute atomic E-state index is 0.596. The molecule has 0 heteroatoms. The highest BCUT2D eigenvalue weighted by molar-refractivity contribution is 5.27. The van der Waals surface area contributed by atoms with Crippen molar-refractivity contribution in [2.75, 3.05) is 0 Å². The van der Waals surface area contributed by atoms with Crippen molar-refractivity contribution < 1.29 is 0 Å². The van der Waals surface area contributed by atoms with Crippen LogP contribution in [0.15, 0.2) is 11.6 Å². The molecule has 4 aliphatic carbocycles. The van der Waals surface area contributed by atoms with Crippen molar-refractivity contribution >= 4 is 0 Å². The molecule has 0 aromatic carbocycles. The van der Waals surface area contributed by atoms with Crippen molar-refractivity contribution in [2.24, 2.45) is 52.3 Å². The fourth-order valence-corrected chi connectivity index (χ4v) is 9.21. The minimum atomic E-state index is 0.596. The molecule has 166 valence electrons. The molecule has 0 heterocycles. The van der Waals surface area contributed by atoms with Crippen LogP contribution in [0.5, 0.6) is 0 Å². The Hall–Kier alpha value is -0.260. The topological polar surface area (TPSA) is 0 Å². The van der Waals surface area contributed by atoms with E-state index in [1.807, 2.05) is 5.57 Å². The van der Waals surface area contributed by atoms with Crippen molar-refractivity contribution in [3.63, 3.8) is 0 Å². The van der Waals surface area contributed by atoms with Gasteiger partial charge in [0.2, 0.25) is 0 Å². The maximum absolute atomic E-state index is 2.80. The van der Waals surface area contributed by atoms with Crippen LogP contribution in [0.2, 0.25) is 0 Å². The van der Waals surface area contributed by atoms with Gasteiger partial charge >= 0.3 is 0 Å². The monoisotopic (exact) mass is 398 g/mol. The summed E-state index contributed by atoms with van der Waals surface area (Å²) in [6, 6.07) is 0. The average molecular weight is 399 g/mol. The molecule has 0 bridgehead atoms. The largest absolute Gasteiger partial charge is 0.0844 e. The third-order valence-corrected chi connectivity index (χ3v) is 11.2. The van der Waals surface area contributed by atoms with Crippen LogP contribution in [0.3, 0.4) is 0 Å². The van der Waals surface area contributed by atoms with E-state index >= 15 is 0 Å². The summed E-state index contributed by atoms with van der Waals surface area (Å²) in [5, 5.41) is 0. The van der Waals surface area contributed by atoms with E-state index in [1.54, 1.807) is 0 Å². The van der Waals surface area contributed by atoms with Gasteiger partial charge in [-0.05, 0) is 104 Å². The predicted octanol–water partition coefficient (Wildman–Crippen LogP) is 9.05. The van der Waals surface area contributed by atoms with Gasteiger partial charge in [0.05, 0.1) is 0 Å². The van der Waals surface area contributed by atoms with Gasteiger partial charge in [-0.3, -0.25) is 0 Å². The number of fused-ring (bicyclic) bond motifs is 5. The van der Waals surface area contributed by atoms with Crippen LogP contribution in [0.1, 0.15) is 119 Å². The lowest BCUT2D eigenvalue weighted by molar-refractivity contribution is -0.00832. The van der Waals surface area contributed by atoms with Gasteiger partial charge in [-0.1, -0.05) is 78.9 Å². The molecule has 3 saturated carbocycles. The van der Waals surface area contributed by atoms with Gasteiger partial charge in [-0.2, -0.15) is 0 Å². The predicted molar refractivity (Wildman–Crippen MR) is 127 cm³/mol. The second-order valence-corrected chi connectivity index (χ2v) is 12.7. The van der Waals surface area contributed by atoms with E-state index in [4.69, 9.17) is 0 Å². The number of hydrogen-bond acceptors (Lipinski definition) is 0. The van der Waals surface area contributed by atoms with Gasteiger partial charge < -0.3 is 0 Å². The van der Waals surface area contributed by atoms with E-state index in [2.05, 4.69) is 47.6 Å². The fourth-order valence-electron chi connectivity index (χ4n) is 9.21. The maximum Gasteiger partial charge on any atom is -0.0143 e. The summed E-state index contributed by atoms with van der Waals surface area (Å²) in [5.74, 6) is 6.51. The van der Waals surface area contributed by atoms with Crippen molar-refractivity contribution in [1.82, 2.24) is 0 Å². The molecule has 3 fully saturated rings. The summed E-state index contributed by atoms with van der Waals surface area (Å²) in [5.41, 5.74) is 3.20. The Labute approximate surface area is 182 Å². The quantitative estimate of drug-likeness (QED) is 0.391. The van der Waals surface area contributed by atoms with Crippen LogP contribution in [0.4, 0.5) is 0 Å². The first-order chi connectivity index (χ1) is 13.8. The summed E-state index contributed by atoms with van der Waals surface area (Å²) in [6.07, 6.45) is 20.5. The lowest BCUT2D eigenvalue weighted by Crippen LogP contribution is -2.48. The molecular formula is C29H50. The molecule has 0 aliphatic heterocycles. The molecule has 0 amide bonds. The summed E-state index contributed by atoms with van der Waals surface area (Å²) in [4.78, 5) is 0. The number of allylic oxidation sites excluding steroid dienone is 2. The van der Waals surface area contributed by atoms with E-state index in [0.717, 1.165) is 41.4 Å². The number of hydrogen-bond donors (Lipinski definition) is 0. The molecule has 0 radical (unpaired) electrons. The first-order valence-electron chi connectivity index (χ1n) is 13.5. The summed E-state index contributed by atoms with van der Waals surface area (Å²) in [7, 11) is 0. The molecule has 0 saturated heterocycles. The zero-order valence-corrected chi connectivity index (χ0v) is 20.6. The minimum Gasteiger partial charge on any atom is -0.0844 e. The lowest BCUT2D eigenvalue weighted by atomic mass is 9.48. The van der Waals surface area contributed by atoms with Gasteiger partial charge in [0, 0.05) is 0 Å². The van der Waals surface area contributed by atoms with Gasteiger partial charge in [0.1, 0.15) is 0 Å². The Kier molecular flexibility index (Phi) is 6.32. The van der Waals surface area contributed by atoms with Crippen LogP contribution < -0.4 is 0 Å². The van der Waals surface area contributed by atoms with Crippen LogP contribution in [-0.4, -0.2) is 0 Å². The summed E-state index contributed by atoms with van der Waals surface area (Å²) >= 11 is 0. The molecule has 0 aromatic rings. The molecule has 2 unspecified atom stereocenters. The van der Waals surface area contributed by atoms with Crippen molar-refractivity contribution in [3.05, 3.63) is 11.6 Å². The van der Waals surface area contributed by atoms with Crippen LogP contribution in [-0.2, 0) is 0 Å². The van der Waals surface area contributed by atoms with E-state index in [-0.39, 0.29) is 0 Å². The van der Waals surface area contributed by atoms with Crippen LogP contribution in [0.25, 0.3) is 0 Å². The zero-order valence-electron chi connectivity index (χ0n) is 20.6. The van der Waals surface area contributed by atoms with E-state index < -0.39 is 0 Å². The maximum atomic E-state index is 2.80. The van der Waals surface area contributed by atoms with Crippen molar-refractivity contribution in [1.29, 1.82) is 0 Å². The first-order valence-corrected chi connectivity index (χ1v) is 13.5. The van der Waals surface area contributed by atoms with Crippen LogP contribution >= 0.6 is 0 Å². The first kappa shape index (κ1) is 22.0. The highest BCUT2D eigenvalue weighted by Gasteiger charge is 2.57. The van der Waals surface area contributed by atoms with Gasteiger partial charge in [0.15, 0.2) is 0 Å². The summed E-state index contributed by atoms with van der Waals surface area (Å²) < 4.78 is 0. The Morgan fingerprint density at radius 2 is 1.66 bits per heavy atom. The molecule has 0 nitrogen and oxygen atoms in total. The Bertz CT molecular complexity index is 599. The number of rotatable bonds is 6. The third kappa shape index (κ3) is 3.67. The van der Waals surface area contributed by atoms with Crippen molar-refractivity contribution in [2.45, 2.75) is 119 Å². The van der Waals surface area contributed by atoms with Gasteiger partial charge in [-0.25, -0.2) is 0 Å². The highest BCUT2D eigenvalue weighted by atomic mass is 14.6. The molecule has 0 aromatic heterocycles. The SMILES string of the molecule is CCC(CC[C@@H](C)[C@H]1CC[C@H]2C3=CCC4CCCC[C@]4(C)[C@H]3CC[C@]12C)C(C)C. The van der Waals surface area contributed by atoms with Crippen LogP contribution in [0, 0.1) is 52.3 Å². The Balaban J connectivity index is 1.48. The van der Waals surface area contributed by atoms with E-state index in [1.165, 1.54) is 77.0 Å². The molecule has 0 spiro atoms. The lowest BCUT2D eigenvalue weighted by Gasteiger charge is -2.57. The Morgan fingerprint density at radius 3 is 2.38 bits per heavy atom. The Morgan fingerprint density at radius 1 is 0.897 bits per heavy atom. The summed E-state index contributed by atoms with van der Waals surface area (Å²) in [6.45, 7) is 15.3. The fraction of sp³-hybridized carbons (Fsp3) is 0.931.